The number of nitrogens with zero attached hydrogens (tertiary/aromatic N) is 5. The Hall–Kier alpha value is -2.11. The van der Waals surface area contributed by atoms with E-state index in [0.29, 0.717) is 17.5 Å². The van der Waals surface area contributed by atoms with Crippen molar-refractivity contribution >= 4 is 5.91 Å². The molecule has 0 unspecified atom stereocenters. The smallest absolute Gasteiger partial charge is 0.272 e. The SMILES string of the molecule is Cc1cc(C(=O)N2CCC(CCn3c(C)cnc3C3CCC3)CC2)n(C)n1. The van der Waals surface area contributed by atoms with Crippen LogP contribution in [0.15, 0.2) is 12.3 Å². The quantitative estimate of drug-likeness (QED) is 0.811. The highest BCUT2D eigenvalue weighted by molar-refractivity contribution is 5.92. The van der Waals surface area contributed by atoms with Gasteiger partial charge in [-0.25, -0.2) is 4.98 Å². The van der Waals surface area contributed by atoms with Crippen LogP contribution in [-0.4, -0.2) is 43.2 Å². The van der Waals surface area contributed by atoms with Gasteiger partial charge in [0, 0.05) is 44.5 Å². The molecule has 1 aliphatic heterocycles. The largest absolute Gasteiger partial charge is 0.337 e. The van der Waals surface area contributed by atoms with E-state index in [-0.39, 0.29) is 5.91 Å². The predicted octanol–water partition coefficient (Wildman–Crippen LogP) is 3.44. The summed E-state index contributed by atoms with van der Waals surface area (Å²) in [6.45, 7) is 6.88. The maximum atomic E-state index is 12.7. The fourth-order valence-corrected chi connectivity index (χ4v) is 4.47. The number of likely N-dealkylation sites (tertiary alicyclic amines) is 1. The molecule has 1 saturated carbocycles. The fraction of sp³-hybridized carbons (Fsp3) is 0.667. The summed E-state index contributed by atoms with van der Waals surface area (Å²) in [4.78, 5) is 19.4. The molecular weight excluding hydrogens is 338 g/mol. The molecule has 2 aromatic heterocycles. The van der Waals surface area contributed by atoms with Crippen LogP contribution in [0.2, 0.25) is 0 Å². The lowest BCUT2D eigenvalue weighted by Gasteiger charge is -2.32. The molecule has 6 nitrogen and oxygen atoms in total. The number of imidazole rings is 1. The van der Waals surface area contributed by atoms with Gasteiger partial charge in [0.05, 0.1) is 5.69 Å². The number of carbonyl (C=O) groups is 1. The molecule has 1 aliphatic carbocycles. The Morgan fingerprint density at radius 3 is 2.52 bits per heavy atom. The predicted molar refractivity (Wildman–Crippen MR) is 105 cm³/mol. The van der Waals surface area contributed by atoms with Crippen LogP contribution < -0.4 is 0 Å². The fourth-order valence-electron chi connectivity index (χ4n) is 4.47. The molecule has 1 saturated heterocycles. The topological polar surface area (TPSA) is 56.0 Å². The van der Waals surface area contributed by atoms with Crippen LogP contribution in [0.25, 0.3) is 0 Å². The van der Waals surface area contributed by atoms with Crippen molar-refractivity contribution in [2.24, 2.45) is 13.0 Å². The van der Waals surface area contributed by atoms with Crippen LogP contribution in [0.1, 0.15) is 72.1 Å². The molecule has 0 spiro atoms. The maximum absolute atomic E-state index is 12.7. The van der Waals surface area contributed by atoms with Crippen LogP contribution in [0, 0.1) is 19.8 Å². The Bertz CT molecular complexity index is 809. The molecule has 4 rings (SSSR count). The maximum Gasteiger partial charge on any atom is 0.272 e. The number of rotatable bonds is 5. The minimum atomic E-state index is 0.120. The van der Waals surface area contributed by atoms with Crippen LogP contribution in [-0.2, 0) is 13.6 Å². The van der Waals surface area contributed by atoms with E-state index in [1.165, 1.54) is 37.2 Å². The Kier molecular flexibility index (Phi) is 5.06. The van der Waals surface area contributed by atoms with E-state index in [2.05, 4.69) is 21.6 Å². The van der Waals surface area contributed by atoms with E-state index in [9.17, 15) is 4.79 Å². The molecule has 0 radical (unpaired) electrons. The van der Waals surface area contributed by atoms with Crippen LogP contribution in [0.3, 0.4) is 0 Å². The first kappa shape index (κ1) is 18.3. The monoisotopic (exact) mass is 369 g/mol. The molecule has 0 aromatic carbocycles. The van der Waals surface area contributed by atoms with Crippen LogP contribution in [0.5, 0.6) is 0 Å². The summed E-state index contributed by atoms with van der Waals surface area (Å²) in [7, 11) is 1.85. The van der Waals surface area contributed by atoms with Gasteiger partial charge in [0.15, 0.2) is 0 Å². The molecule has 2 aromatic rings. The second-order valence-corrected chi connectivity index (χ2v) is 8.36. The van der Waals surface area contributed by atoms with Gasteiger partial charge >= 0.3 is 0 Å². The van der Waals surface area contributed by atoms with Crippen molar-refractivity contribution in [3.63, 3.8) is 0 Å². The Balaban J connectivity index is 1.31. The number of amides is 1. The van der Waals surface area contributed by atoms with Gasteiger partial charge in [0.25, 0.3) is 5.91 Å². The highest BCUT2D eigenvalue weighted by atomic mass is 16.2. The number of piperidine rings is 1. The summed E-state index contributed by atoms with van der Waals surface area (Å²) in [5, 5.41) is 4.30. The van der Waals surface area contributed by atoms with Crippen molar-refractivity contribution in [2.45, 2.75) is 64.8 Å². The number of aromatic nitrogens is 4. The lowest BCUT2D eigenvalue weighted by atomic mass is 9.84. The van der Waals surface area contributed by atoms with Crippen molar-refractivity contribution < 1.29 is 4.79 Å². The highest BCUT2D eigenvalue weighted by Gasteiger charge is 2.27. The molecule has 2 fully saturated rings. The first-order valence-electron chi connectivity index (χ1n) is 10.3. The zero-order chi connectivity index (χ0) is 19.0. The van der Waals surface area contributed by atoms with E-state index < -0.39 is 0 Å². The van der Waals surface area contributed by atoms with Crippen molar-refractivity contribution in [1.82, 2.24) is 24.2 Å². The third kappa shape index (κ3) is 3.66. The molecule has 27 heavy (non-hydrogen) atoms. The third-order valence-corrected chi connectivity index (χ3v) is 6.44. The lowest BCUT2D eigenvalue weighted by molar-refractivity contribution is 0.0673. The van der Waals surface area contributed by atoms with E-state index in [1.54, 1.807) is 4.68 Å². The van der Waals surface area contributed by atoms with Crippen molar-refractivity contribution in [3.05, 3.63) is 35.2 Å². The summed E-state index contributed by atoms with van der Waals surface area (Å²) in [5.74, 6) is 2.80. The molecule has 0 N–H and O–H groups in total. The zero-order valence-corrected chi connectivity index (χ0v) is 16.8. The van der Waals surface area contributed by atoms with E-state index in [1.807, 2.05) is 31.1 Å². The Labute approximate surface area is 161 Å². The van der Waals surface area contributed by atoms with Crippen molar-refractivity contribution in [1.29, 1.82) is 0 Å². The molecule has 146 valence electrons. The summed E-state index contributed by atoms with van der Waals surface area (Å²) < 4.78 is 4.15. The Morgan fingerprint density at radius 1 is 1.19 bits per heavy atom. The van der Waals surface area contributed by atoms with Gasteiger partial charge in [0.1, 0.15) is 11.5 Å². The highest BCUT2D eigenvalue weighted by Crippen LogP contribution is 2.36. The van der Waals surface area contributed by atoms with Crippen LogP contribution in [0.4, 0.5) is 0 Å². The van der Waals surface area contributed by atoms with Gasteiger partial charge in [-0.3, -0.25) is 9.48 Å². The van der Waals surface area contributed by atoms with Gasteiger partial charge < -0.3 is 9.47 Å². The first-order chi connectivity index (χ1) is 13.0. The Morgan fingerprint density at radius 2 is 1.93 bits per heavy atom. The van der Waals surface area contributed by atoms with Gasteiger partial charge in [-0.15, -0.1) is 0 Å². The van der Waals surface area contributed by atoms with Gasteiger partial charge in [0.2, 0.25) is 0 Å². The van der Waals surface area contributed by atoms with Gasteiger partial charge in [-0.1, -0.05) is 6.42 Å². The molecule has 6 heteroatoms. The van der Waals surface area contributed by atoms with Crippen LogP contribution >= 0.6 is 0 Å². The zero-order valence-electron chi connectivity index (χ0n) is 16.8. The van der Waals surface area contributed by atoms with E-state index >= 15 is 0 Å². The summed E-state index contributed by atoms with van der Waals surface area (Å²) in [6, 6.07) is 1.89. The number of carbonyl (C=O) groups excluding carboxylic acids is 1. The molecular formula is C21H31N5O. The summed E-state index contributed by atoms with van der Waals surface area (Å²) >= 11 is 0. The standard InChI is InChI=1S/C21H31N5O/c1-15-13-19(24(3)23-15)21(27)25-10-7-17(8-11-25)9-12-26-16(2)14-22-20(26)18-5-4-6-18/h13-14,17-18H,4-12H2,1-3H3. The minimum Gasteiger partial charge on any atom is -0.337 e. The third-order valence-electron chi connectivity index (χ3n) is 6.44. The second kappa shape index (κ2) is 7.49. The molecule has 2 aliphatic rings. The molecule has 1 amide bonds. The van der Waals surface area contributed by atoms with Gasteiger partial charge in [-0.05, 0) is 57.9 Å². The number of aryl methyl sites for hydroxylation is 3. The minimum absolute atomic E-state index is 0.120. The van der Waals surface area contributed by atoms with Gasteiger partial charge in [-0.2, -0.15) is 5.10 Å². The molecule has 0 atom stereocenters. The van der Waals surface area contributed by atoms with Crippen molar-refractivity contribution in [2.75, 3.05) is 13.1 Å². The van der Waals surface area contributed by atoms with E-state index in [0.717, 1.165) is 38.2 Å². The number of hydrogen-bond donors (Lipinski definition) is 0. The average molecular weight is 370 g/mol. The lowest BCUT2D eigenvalue weighted by Crippen LogP contribution is -2.39. The molecule has 3 heterocycles. The van der Waals surface area contributed by atoms with E-state index in [4.69, 9.17) is 0 Å². The molecule has 0 bridgehead atoms. The summed E-state index contributed by atoms with van der Waals surface area (Å²) in [6.07, 6.45) is 9.34. The first-order valence-corrected chi connectivity index (χ1v) is 10.3. The second-order valence-electron chi connectivity index (χ2n) is 8.36. The van der Waals surface area contributed by atoms with Crippen molar-refractivity contribution in [3.8, 4) is 0 Å². The number of hydrogen-bond acceptors (Lipinski definition) is 3. The normalized spacial score (nSPS) is 18.7. The summed E-state index contributed by atoms with van der Waals surface area (Å²) in [5.41, 5.74) is 2.88. The average Bonchev–Trinajstić information content (AvgIpc) is 3.13.